The molecule has 0 heterocycles. The minimum Gasteiger partial charge on any atom is -0.493 e. The van der Waals surface area contributed by atoms with Crippen molar-refractivity contribution in [1.82, 2.24) is 0 Å². The third kappa shape index (κ3) is 5.03. The van der Waals surface area contributed by atoms with Gasteiger partial charge in [0.05, 0.1) is 18.7 Å². The van der Waals surface area contributed by atoms with E-state index in [2.05, 4.69) is 10.6 Å². The zero-order valence-electron chi connectivity index (χ0n) is 14.7. The summed E-state index contributed by atoms with van der Waals surface area (Å²) < 4.78 is 45.4. The maximum absolute atomic E-state index is 13.7. The lowest BCUT2D eigenvalue weighted by Gasteiger charge is -2.10. The Labute approximate surface area is 160 Å². The van der Waals surface area contributed by atoms with E-state index < -0.39 is 17.5 Å². The number of hydrogen-bond acceptors (Lipinski definition) is 3. The maximum Gasteiger partial charge on any atom is 0.227 e. The third-order valence-electron chi connectivity index (χ3n) is 3.82. The van der Waals surface area contributed by atoms with Gasteiger partial charge in [-0.3, -0.25) is 4.79 Å². The third-order valence-corrected chi connectivity index (χ3v) is 3.82. The highest BCUT2D eigenvalue weighted by molar-refractivity contribution is 5.91. The summed E-state index contributed by atoms with van der Waals surface area (Å²) >= 11 is 0. The standard InChI is InChI=1S/C21H17F3N2O2/c22-17-10-11-18(21(24)20(17)23)25-14-6-8-15(9-7-14)26-19(27)12-13-28-16-4-2-1-3-5-16/h1-11,25H,12-13H2,(H,26,27). The molecule has 1 amide bonds. The zero-order valence-corrected chi connectivity index (χ0v) is 14.7. The number of para-hydroxylation sites is 1. The molecule has 0 fully saturated rings. The van der Waals surface area contributed by atoms with Crippen LogP contribution in [0.15, 0.2) is 66.7 Å². The Balaban J connectivity index is 1.51. The van der Waals surface area contributed by atoms with E-state index in [0.29, 0.717) is 17.1 Å². The summed E-state index contributed by atoms with van der Waals surface area (Å²) in [6.07, 6.45) is 0.176. The Hall–Kier alpha value is -3.48. The van der Waals surface area contributed by atoms with Gasteiger partial charge in [-0.1, -0.05) is 18.2 Å². The Morgan fingerprint density at radius 1 is 0.821 bits per heavy atom. The summed E-state index contributed by atoms with van der Waals surface area (Å²) in [5, 5.41) is 5.38. The highest BCUT2D eigenvalue weighted by Gasteiger charge is 2.13. The van der Waals surface area contributed by atoms with Crippen molar-refractivity contribution in [2.24, 2.45) is 0 Å². The average molecular weight is 386 g/mol. The molecule has 0 saturated carbocycles. The molecule has 7 heteroatoms. The molecule has 0 spiro atoms. The van der Waals surface area contributed by atoms with Gasteiger partial charge in [0, 0.05) is 11.4 Å². The second-order valence-electron chi connectivity index (χ2n) is 5.88. The molecular formula is C21H17F3N2O2. The van der Waals surface area contributed by atoms with E-state index in [1.165, 1.54) is 0 Å². The van der Waals surface area contributed by atoms with Crippen molar-refractivity contribution in [3.63, 3.8) is 0 Å². The van der Waals surface area contributed by atoms with Crippen molar-refractivity contribution in [2.75, 3.05) is 17.2 Å². The quantitative estimate of drug-likeness (QED) is 0.545. The predicted molar refractivity (Wildman–Crippen MR) is 101 cm³/mol. The average Bonchev–Trinajstić information content (AvgIpc) is 2.71. The molecule has 3 rings (SSSR count). The molecule has 0 aliphatic carbocycles. The zero-order chi connectivity index (χ0) is 19.9. The highest BCUT2D eigenvalue weighted by Crippen LogP contribution is 2.24. The fourth-order valence-electron chi connectivity index (χ4n) is 2.42. The first-order valence-electron chi connectivity index (χ1n) is 8.51. The molecule has 144 valence electrons. The summed E-state index contributed by atoms with van der Waals surface area (Å²) in [5.41, 5.74) is 0.810. The Bertz CT molecular complexity index is 948. The Morgan fingerprint density at radius 2 is 1.50 bits per heavy atom. The van der Waals surface area contributed by atoms with Crippen LogP contribution in [0.1, 0.15) is 6.42 Å². The molecular weight excluding hydrogens is 369 g/mol. The first kappa shape index (κ1) is 19.3. The van der Waals surface area contributed by atoms with E-state index in [1.54, 1.807) is 36.4 Å². The van der Waals surface area contributed by atoms with Crippen molar-refractivity contribution in [2.45, 2.75) is 6.42 Å². The van der Waals surface area contributed by atoms with Crippen LogP contribution in [0, 0.1) is 17.5 Å². The van der Waals surface area contributed by atoms with Gasteiger partial charge in [0.2, 0.25) is 5.91 Å². The van der Waals surface area contributed by atoms with E-state index in [1.807, 2.05) is 18.2 Å². The molecule has 4 nitrogen and oxygen atoms in total. The van der Waals surface area contributed by atoms with E-state index in [9.17, 15) is 18.0 Å². The highest BCUT2D eigenvalue weighted by atomic mass is 19.2. The molecule has 0 aliphatic heterocycles. The lowest BCUT2D eigenvalue weighted by Crippen LogP contribution is -2.15. The summed E-state index contributed by atoms with van der Waals surface area (Å²) in [6.45, 7) is 0.241. The fraction of sp³-hybridized carbons (Fsp3) is 0.0952. The number of anilines is 3. The van der Waals surface area contributed by atoms with Gasteiger partial charge >= 0.3 is 0 Å². The summed E-state index contributed by atoms with van der Waals surface area (Å²) in [4.78, 5) is 12.0. The predicted octanol–water partition coefficient (Wildman–Crippen LogP) is 5.26. The SMILES string of the molecule is O=C(CCOc1ccccc1)Nc1ccc(Nc2ccc(F)c(F)c2F)cc1. The molecule has 0 unspecified atom stereocenters. The van der Waals surface area contributed by atoms with Crippen LogP contribution in [0.4, 0.5) is 30.2 Å². The van der Waals surface area contributed by atoms with Gasteiger partial charge < -0.3 is 15.4 Å². The van der Waals surface area contributed by atoms with Crippen LogP contribution >= 0.6 is 0 Å². The van der Waals surface area contributed by atoms with Gasteiger partial charge in [0.15, 0.2) is 17.5 Å². The lowest BCUT2D eigenvalue weighted by atomic mass is 10.2. The van der Waals surface area contributed by atoms with Crippen LogP contribution in [-0.4, -0.2) is 12.5 Å². The molecule has 0 aliphatic rings. The maximum atomic E-state index is 13.7. The number of carbonyl (C=O) groups excluding carboxylic acids is 1. The van der Waals surface area contributed by atoms with Gasteiger partial charge in [-0.25, -0.2) is 13.2 Å². The molecule has 0 radical (unpaired) electrons. The molecule has 0 bridgehead atoms. The number of amides is 1. The van der Waals surface area contributed by atoms with Crippen LogP contribution in [0.3, 0.4) is 0 Å². The number of hydrogen-bond donors (Lipinski definition) is 2. The Kier molecular flexibility index (Phi) is 6.16. The summed E-state index contributed by atoms with van der Waals surface area (Å²) in [6, 6.07) is 17.5. The smallest absolute Gasteiger partial charge is 0.227 e. The van der Waals surface area contributed by atoms with Crippen molar-refractivity contribution in [3.05, 3.63) is 84.2 Å². The minimum atomic E-state index is -1.54. The van der Waals surface area contributed by atoms with Crippen LogP contribution in [0.25, 0.3) is 0 Å². The van der Waals surface area contributed by atoms with Crippen LogP contribution in [0.5, 0.6) is 5.75 Å². The number of benzene rings is 3. The number of carbonyl (C=O) groups is 1. The van der Waals surface area contributed by atoms with Crippen molar-refractivity contribution in [3.8, 4) is 5.75 Å². The molecule has 0 saturated heterocycles. The van der Waals surface area contributed by atoms with Crippen LogP contribution in [0.2, 0.25) is 0 Å². The molecule has 2 N–H and O–H groups in total. The molecule has 3 aromatic rings. The van der Waals surface area contributed by atoms with Crippen molar-refractivity contribution < 1.29 is 22.7 Å². The van der Waals surface area contributed by atoms with E-state index >= 15 is 0 Å². The fourth-order valence-corrected chi connectivity index (χ4v) is 2.42. The van der Waals surface area contributed by atoms with Gasteiger partial charge in [-0.15, -0.1) is 0 Å². The number of halogens is 3. The molecule has 0 atom stereocenters. The van der Waals surface area contributed by atoms with Gasteiger partial charge in [0.25, 0.3) is 0 Å². The lowest BCUT2D eigenvalue weighted by molar-refractivity contribution is -0.116. The van der Waals surface area contributed by atoms with Crippen molar-refractivity contribution >= 4 is 23.0 Å². The van der Waals surface area contributed by atoms with Crippen LogP contribution < -0.4 is 15.4 Å². The largest absolute Gasteiger partial charge is 0.493 e. The van der Waals surface area contributed by atoms with E-state index in [0.717, 1.165) is 12.1 Å². The second kappa shape index (κ2) is 8.94. The second-order valence-corrected chi connectivity index (χ2v) is 5.88. The summed E-state index contributed by atoms with van der Waals surface area (Å²) in [5.74, 6) is -3.61. The summed E-state index contributed by atoms with van der Waals surface area (Å²) in [7, 11) is 0. The topological polar surface area (TPSA) is 50.4 Å². The van der Waals surface area contributed by atoms with Gasteiger partial charge in [-0.05, 0) is 48.5 Å². The first-order chi connectivity index (χ1) is 13.5. The monoisotopic (exact) mass is 386 g/mol. The molecule has 0 aromatic heterocycles. The molecule has 3 aromatic carbocycles. The van der Waals surface area contributed by atoms with Gasteiger partial charge in [0.1, 0.15) is 5.75 Å². The van der Waals surface area contributed by atoms with Gasteiger partial charge in [-0.2, -0.15) is 0 Å². The van der Waals surface area contributed by atoms with Crippen LogP contribution in [-0.2, 0) is 4.79 Å². The van der Waals surface area contributed by atoms with Crippen molar-refractivity contribution in [1.29, 1.82) is 0 Å². The Morgan fingerprint density at radius 3 is 2.21 bits per heavy atom. The van der Waals surface area contributed by atoms with E-state index in [-0.39, 0.29) is 24.6 Å². The van der Waals surface area contributed by atoms with E-state index in [4.69, 9.17) is 4.74 Å². The number of rotatable bonds is 7. The molecule has 28 heavy (non-hydrogen) atoms. The normalized spacial score (nSPS) is 10.4. The number of ether oxygens (including phenoxy) is 1. The minimum absolute atomic E-state index is 0.176. The number of nitrogens with one attached hydrogen (secondary N) is 2. The first-order valence-corrected chi connectivity index (χ1v) is 8.51.